The van der Waals surface area contributed by atoms with Crippen LogP contribution in [-0.4, -0.2) is 29.6 Å². The smallest absolute Gasteiger partial charge is 0.241 e. The summed E-state index contributed by atoms with van der Waals surface area (Å²) in [7, 11) is 0. The monoisotopic (exact) mass is 210 g/mol. The molecule has 15 heavy (non-hydrogen) atoms. The third kappa shape index (κ3) is 2.17. The summed E-state index contributed by atoms with van der Waals surface area (Å²) in [5.41, 5.74) is 0. The molecule has 2 aliphatic rings. The molecule has 0 aromatic heterocycles. The molecular weight excluding hydrogens is 188 g/mol. The molecule has 3 heteroatoms. The molecule has 1 saturated heterocycles. The van der Waals surface area contributed by atoms with Crippen LogP contribution in [0.3, 0.4) is 0 Å². The van der Waals surface area contributed by atoms with Crippen LogP contribution < -0.4 is 5.32 Å². The maximum absolute atomic E-state index is 12.1. The molecular formula is C12H22N2O. The van der Waals surface area contributed by atoms with Gasteiger partial charge in [-0.3, -0.25) is 10.1 Å². The summed E-state index contributed by atoms with van der Waals surface area (Å²) < 4.78 is 0. The van der Waals surface area contributed by atoms with Gasteiger partial charge in [0.2, 0.25) is 5.91 Å². The Morgan fingerprint density at radius 2 is 2.20 bits per heavy atom. The van der Waals surface area contributed by atoms with Crippen molar-refractivity contribution in [2.75, 3.05) is 6.54 Å². The number of amides is 1. The van der Waals surface area contributed by atoms with Gasteiger partial charge >= 0.3 is 0 Å². The first-order valence-electron chi connectivity index (χ1n) is 6.20. The first kappa shape index (κ1) is 10.9. The third-order valence-electron chi connectivity index (χ3n) is 3.80. The number of hydrogen-bond donors (Lipinski definition) is 1. The average molecular weight is 210 g/mol. The largest absolute Gasteiger partial charge is 0.326 e. The number of rotatable bonds is 4. The molecule has 86 valence electrons. The van der Waals surface area contributed by atoms with Gasteiger partial charge < -0.3 is 4.90 Å². The summed E-state index contributed by atoms with van der Waals surface area (Å²) in [5.74, 6) is 1.56. The van der Waals surface area contributed by atoms with Crippen LogP contribution in [0.15, 0.2) is 0 Å². The average Bonchev–Trinajstić information content (AvgIpc) is 2.99. The summed E-state index contributed by atoms with van der Waals surface area (Å²) in [6.45, 7) is 7.37. The summed E-state index contributed by atoms with van der Waals surface area (Å²) >= 11 is 0. The number of carbonyl (C=O) groups excluding carboxylic acids is 1. The van der Waals surface area contributed by atoms with Crippen LogP contribution in [0.4, 0.5) is 0 Å². The van der Waals surface area contributed by atoms with Crippen molar-refractivity contribution in [3.63, 3.8) is 0 Å². The lowest BCUT2D eigenvalue weighted by molar-refractivity contribution is -0.130. The van der Waals surface area contributed by atoms with E-state index in [-0.39, 0.29) is 12.2 Å². The zero-order chi connectivity index (χ0) is 11.0. The van der Waals surface area contributed by atoms with E-state index < -0.39 is 0 Å². The second-order valence-electron chi connectivity index (χ2n) is 5.14. The second-order valence-corrected chi connectivity index (χ2v) is 5.14. The van der Waals surface area contributed by atoms with Gasteiger partial charge in [0.1, 0.15) is 0 Å². The predicted molar refractivity (Wildman–Crippen MR) is 60.3 cm³/mol. The van der Waals surface area contributed by atoms with Gasteiger partial charge in [0, 0.05) is 6.54 Å². The molecule has 0 spiro atoms. The fourth-order valence-corrected chi connectivity index (χ4v) is 2.26. The lowest BCUT2D eigenvalue weighted by atomic mass is 9.99. The highest BCUT2D eigenvalue weighted by Crippen LogP contribution is 2.32. The molecule has 1 saturated carbocycles. The van der Waals surface area contributed by atoms with E-state index >= 15 is 0 Å². The van der Waals surface area contributed by atoms with Gasteiger partial charge in [0.05, 0.1) is 12.2 Å². The second kappa shape index (κ2) is 4.12. The normalized spacial score (nSPS) is 33.5. The fraction of sp³-hybridized carbons (Fsp3) is 0.917. The minimum Gasteiger partial charge on any atom is -0.326 e. The Morgan fingerprint density at radius 3 is 2.73 bits per heavy atom. The molecule has 1 aliphatic heterocycles. The zero-order valence-electron chi connectivity index (χ0n) is 9.99. The SMILES string of the molecule is CCC(C)C1NC(C)N(CC2CC2)C1=O. The summed E-state index contributed by atoms with van der Waals surface area (Å²) in [5, 5.41) is 3.41. The van der Waals surface area contributed by atoms with Gasteiger partial charge in [-0.25, -0.2) is 0 Å². The van der Waals surface area contributed by atoms with E-state index in [1.807, 2.05) is 4.90 Å². The Balaban J connectivity index is 1.98. The topological polar surface area (TPSA) is 32.3 Å². The number of carbonyl (C=O) groups is 1. The van der Waals surface area contributed by atoms with Crippen molar-refractivity contribution in [2.45, 2.75) is 52.2 Å². The predicted octanol–water partition coefficient (Wildman–Crippen LogP) is 1.59. The lowest BCUT2D eigenvalue weighted by Crippen LogP contribution is -2.36. The van der Waals surface area contributed by atoms with Crippen molar-refractivity contribution in [3.8, 4) is 0 Å². The fourth-order valence-electron chi connectivity index (χ4n) is 2.26. The van der Waals surface area contributed by atoms with Crippen LogP contribution in [0.1, 0.15) is 40.0 Å². The first-order chi connectivity index (χ1) is 7.13. The van der Waals surface area contributed by atoms with Crippen LogP contribution >= 0.6 is 0 Å². The molecule has 1 N–H and O–H groups in total. The van der Waals surface area contributed by atoms with E-state index in [1.54, 1.807) is 0 Å². The van der Waals surface area contributed by atoms with Crippen LogP contribution in [0.2, 0.25) is 0 Å². The summed E-state index contributed by atoms with van der Waals surface area (Å²) in [4.78, 5) is 14.2. The van der Waals surface area contributed by atoms with Gasteiger partial charge in [-0.15, -0.1) is 0 Å². The van der Waals surface area contributed by atoms with Crippen LogP contribution in [-0.2, 0) is 4.79 Å². The maximum atomic E-state index is 12.1. The molecule has 1 heterocycles. The van der Waals surface area contributed by atoms with Crippen molar-refractivity contribution in [1.82, 2.24) is 10.2 Å². The van der Waals surface area contributed by atoms with Crippen LogP contribution in [0.25, 0.3) is 0 Å². The van der Waals surface area contributed by atoms with E-state index in [2.05, 4.69) is 26.1 Å². The van der Waals surface area contributed by atoms with E-state index in [4.69, 9.17) is 0 Å². The molecule has 3 unspecified atom stereocenters. The van der Waals surface area contributed by atoms with E-state index in [1.165, 1.54) is 12.8 Å². The summed E-state index contributed by atoms with van der Waals surface area (Å²) in [6.07, 6.45) is 3.92. The van der Waals surface area contributed by atoms with Gasteiger partial charge in [-0.1, -0.05) is 20.3 Å². The Hall–Kier alpha value is -0.570. The highest BCUT2D eigenvalue weighted by molar-refractivity contribution is 5.84. The molecule has 0 aromatic carbocycles. The lowest BCUT2D eigenvalue weighted by Gasteiger charge is -2.20. The molecule has 1 amide bonds. The van der Waals surface area contributed by atoms with E-state index in [0.29, 0.717) is 11.8 Å². The van der Waals surface area contributed by atoms with Crippen molar-refractivity contribution in [1.29, 1.82) is 0 Å². The number of nitrogens with one attached hydrogen (secondary N) is 1. The molecule has 1 aliphatic carbocycles. The Labute approximate surface area is 92.2 Å². The van der Waals surface area contributed by atoms with E-state index in [0.717, 1.165) is 18.9 Å². The standard InChI is InChI=1S/C12H22N2O/c1-4-8(2)11-12(15)14(9(3)13-11)7-10-5-6-10/h8-11,13H,4-7H2,1-3H3. The van der Waals surface area contributed by atoms with Crippen molar-refractivity contribution in [3.05, 3.63) is 0 Å². The summed E-state index contributed by atoms with van der Waals surface area (Å²) in [6, 6.07) is 0.0590. The van der Waals surface area contributed by atoms with Gasteiger partial charge in [-0.05, 0) is 31.6 Å². The van der Waals surface area contributed by atoms with Crippen LogP contribution in [0, 0.1) is 11.8 Å². The molecule has 0 bridgehead atoms. The van der Waals surface area contributed by atoms with Crippen molar-refractivity contribution >= 4 is 5.91 Å². The maximum Gasteiger partial charge on any atom is 0.241 e. The van der Waals surface area contributed by atoms with Gasteiger partial charge in [0.15, 0.2) is 0 Å². The minimum atomic E-state index is 0.0590. The Bertz CT molecular complexity index is 250. The number of nitrogens with zero attached hydrogens (tertiary/aromatic N) is 1. The molecule has 0 aromatic rings. The Kier molecular flexibility index (Phi) is 3.01. The molecule has 0 radical (unpaired) electrons. The van der Waals surface area contributed by atoms with Gasteiger partial charge in [-0.2, -0.15) is 0 Å². The highest BCUT2D eigenvalue weighted by Gasteiger charge is 2.40. The van der Waals surface area contributed by atoms with Gasteiger partial charge in [0.25, 0.3) is 0 Å². The molecule has 3 atom stereocenters. The zero-order valence-corrected chi connectivity index (χ0v) is 9.99. The Morgan fingerprint density at radius 1 is 1.53 bits per heavy atom. The van der Waals surface area contributed by atoms with Crippen LogP contribution in [0.5, 0.6) is 0 Å². The van der Waals surface area contributed by atoms with E-state index in [9.17, 15) is 4.79 Å². The van der Waals surface area contributed by atoms with Crippen molar-refractivity contribution in [2.24, 2.45) is 11.8 Å². The van der Waals surface area contributed by atoms with Crippen molar-refractivity contribution < 1.29 is 4.79 Å². The molecule has 2 rings (SSSR count). The molecule has 3 nitrogen and oxygen atoms in total. The molecule has 2 fully saturated rings. The minimum absolute atomic E-state index is 0.0590. The highest BCUT2D eigenvalue weighted by atomic mass is 16.2. The third-order valence-corrected chi connectivity index (χ3v) is 3.80. The number of hydrogen-bond acceptors (Lipinski definition) is 2. The quantitative estimate of drug-likeness (QED) is 0.764. The first-order valence-corrected chi connectivity index (χ1v) is 6.20.